The van der Waals surface area contributed by atoms with Gasteiger partial charge in [0.15, 0.2) is 0 Å². The van der Waals surface area contributed by atoms with Gasteiger partial charge in [0, 0.05) is 45.2 Å². The second-order valence-corrected chi connectivity index (χ2v) is 10.4. The van der Waals surface area contributed by atoms with Gasteiger partial charge in [0.25, 0.3) is 5.91 Å². The number of nitrogens with one attached hydrogen (secondary N) is 1. The van der Waals surface area contributed by atoms with Gasteiger partial charge in [0.05, 0.1) is 27.4 Å². The van der Waals surface area contributed by atoms with E-state index in [4.69, 9.17) is 4.98 Å². The Morgan fingerprint density at radius 1 is 1.03 bits per heavy atom. The van der Waals surface area contributed by atoms with Gasteiger partial charge in [-0.15, -0.1) is 0 Å². The van der Waals surface area contributed by atoms with E-state index in [9.17, 15) is 13.2 Å². The van der Waals surface area contributed by atoms with E-state index in [1.807, 2.05) is 49.3 Å². The Labute approximate surface area is 182 Å². The molecule has 1 N–H and O–H groups in total. The van der Waals surface area contributed by atoms with E-state index in [0.717, 1.165) is 33.7 Å². The predicted octanol–water partition coefficient (Wildman–Crippen LogP) is 3.68. The second kappa shape index (κ2) is 7.94. The summed E-state index contributed by atoms with van der Waals surface area (Å²) in [4.78, 5) is 20.1. The molecule has 31 heavy (non-hydrogen) atoms. The monoisotopic (exact) mass is 438 g/mol. The number of anilines is 2. The molecule has 1 aliphatic carbocycles. The van der Waals surface area contributed by atoms with Gasteiger partial charge in [0.1, 0.15) is 0 Å². The maximum atomic E-state index is 13.4. The smallest absolute Gasteiger partial charge is 0.256 e. The lowest BCUT2D eigenvalue weighted by Gasteiger charge is -2.20. The summed E-state index contributed by atoms with van der Waals surface area (Å²) < 4.78 is 26.4. The third kappa shape index (κ3) is 4.13. The van der Waals surface area contributed by atoms with Crippen LogP contribution in [0.5, 0.6) is 0 Å². The third-order valence-electron chi connectivity index (χ3n) is 5.45. The summed E-state index contributed by atoms with van der Waals surface area (Å²) in [7, 11) is 3.02. The number of fused-ring (bicyclic) bond motifs is 1. The van der Waals surface area contributed by atoms with Crippen LogP contribution in [0.3, 0.4) is 0 Å². The highest BCUT2D eigenvalue weighted by atomic mass is 32.2. The van der Waals surface area contributed by atoms with Crippen molar-refractivity contribution in [3.63, 3.8) is 0 Å². The molecule has 0 saturated heterocycles. The maximum absolute atomic E-state index is 13.4. The Morgan fingerprint density at radius 3 is 2.39 bits per heavy atom. The van der Waals surface area contributed by atoms with Crippen molar-refractivity contribution < 1.29 is 13.2 Å². The number of benzene rings is 2. The summed E-state index contributed by atoms with van der Waals surface area (Å²) >= 11 is 0. The summed E-state index contributed by atoms with van der Waals surface area (Å²) in [5.74, 6) is 0.116. The first kappa shape index (κ1) is 21.3. The van der Waals surface area contributed by atoms with Gasteiger partial charge in [-0.2, -0.15) is 0 Å². The zero-order valence-electron chi connectivity index (χ0n) is 18.1. The lowest BCUT2D eigenvalue weighted by molar-refractivity contribution is 0.102. The van der Waals surface area contributed by atoms with E-state index < -0.39 is 10.0 Å². The van der Waals surface area contributed by atoms with E-state index in [1.54, 1.807) is 12.1 Å². The van der Waals surface area contributed by atoms with Crippen molar-refractivity contribution in [3.05, 3.63) is 59.8 Å². The summed E-state index contributed by atoms with van der Waals surface area (Å²) in [6, 6.07) is 14.2. The van der Waals surface area contributed by atoms with Gasteiger partial charge in [-0.3, -0.25) is 9.78 Å². The predicted molar refractivity (Wildman–Crippen MR) is 123 cm³/mol. The Kier molecular flexibility index (Phi) is 5.45. The van der Waals surface area contributed by atoms with E-state index in [2.05, 4.69) is 5.32 Å². The standard InChI is InChI=1S/C23H26N4O3S/c1-26(2)22-12-11-16(31(29,30)27(3)4)13-21(22)25-23(28)18-14-20(15-9-10-15)24-19-8-6-5-7-17(18)19/h5-8,11-15H,9-10H2,1-4H3,(H,25,28). The summed E-state index contributed by atoms with van der Waals surface area (Å²) in [5.41, 5.74) is 3.41. The molecule has 1 fully saturated rings. The van der Waals surface area contributed by atoms with Crippen molar-refractivity contribution in [2.45, 2.75) is 23.7 Å². The van der Waals surface area contributed by atoms with Gasteiger partial charge in [-0.25, -0.2) is 12.7 Å². The summed E-state index contributed by atoms with van der Waals surface area (Å²) in [6.45, 7) is 0. The van der Waals surface area contributed by atoms with Crippen molar-refractivity contribution in [2.75, 3.05) is 38.4 Å². The zero-order valence-corrected chi connectivity index (χ0v) is 18.9. The highest BCUT2D eigenvalue weighted by Crippen LogP contribution is 2.40. The van der Waals surface area contributed by atoms with Crippen LogP contribution >= 0.6 is 0 Å². The van der Waals surface area contributed by atoms with Crippen LogP contribution in [0.1, 0.15) is 34.8 Å². The Bertz CT molecular complexity index is 1270. The number of sulfonamides is 1. The fraction of sp³-hybridized carbons (Fsp3) is 0.304. The number of carbonyl (C=O) groups excluding carboxylic acids is 1. The highest BCUT2D eigenvalue weighted by Gasteiger charge is 2.27. The lowest BCUT2D eigenvalue weighted by atomic mass is 10.0. The number of hydrogen-bond donors (Lipinski definition) is 1. The van der Waals surface area contributed by atoms with Crippen molar-refractivity contribution >= 4 is 38.2 Å². The SMILES string of the molecule is CN(C)c1ccc(S(=O)(=O)N(C)C)cc1NC(=O)c1cc(C2CC2)nc2ccccc12. The van der Waals surface area contributed by atoms with Gasteiger partial charge in [-0.1, -0.05) is 18.2 Å². The Morgan fingerprint density at radius 2 is 1.74 bits per heavy atom. The Balaban J connectivity index is 1.78. The fourth-order valence-electron chi connectivity index (χ4n) is 3.54. The first-order valence-corrected chi connectivity index (χ1v) is 11.6. The molecule has 0 atom stereocenters. The molecule has 0 radical (unpaired) electrons. The van der Waals surface area contributed by atoms with Crippen LogP contribution in [0, 0.1) is 0 Å². The number of amides is 1. The van der Waals surface area contributed by atoms with Gasteiger partial charge in [-0.05, 0) is 43.2 Å². The number of nitrogens with zero attached hydrogens (tertiary/aromatic N) is 3. The first-order valence-electron chi connectivity index (χ1n) is 10.1. The van der Waals surface area contributed by atoms with Gasteiger partial charge < -0.3 is 10.2 Å². The largest absolute Gasteiger partial charge is 0.376 e. The molecule has 0 unspecified atom stereocenters. The molecule has 4 rings (SSSR count). The molecule has 1 amide bonds. The minimum absolute atomic E-state index is 0.122. The molecular weight excluding hydrogens is 412 g/mol. The molecule has 3 aromatic rings. The highest BCUT2D eigenvalue weighted by molar-refractivity contribution is 7.89. The number of hydrogen-bond acceptors (Lipinski definition) is 5. The topological polar surface area (TPSA) is 82.6 Å². The maximum Gasteiger partial charge on any atom is 0.256 e. The molecule has 1 aliphatic rings. The van der Waals surface area contributed by atoms with E-state index in [1.165, 1.54) is 20.2 Å². The van der Waals surface area contributed by atoms with Crippen LogP contribution in [-0.2, 0) is 10.0 Å². The minimum atomic E-state index is -3.63. The van der Waals surface area contributed by atoms with Crippen LogP contribution < -0.4 is 10.2 Å². The molecule has 1 heterocycles. The van der Waals surface area contributed by atoms with Crippen LogP contribution in [0.4, 0.5) is 11.4 Å². The fourth-order valence-corrected chi connectivity index (χ4v) is 4.47. The van der Waals surface area contributed by atoms with Crippen molar-refractivity contribution in [1.29, 1.82) is 0 Å². The molecule has 0 bridgehead atoms. The normalized spacial score (nSPS) is 14.1. The molecule has 7 nitrogen and oxygen atoms in total. The van der Waals surface area contributed by atoms with E-state index in [-0.39, 0.29) is 10.8 Å². The molecule has 2 aromatic carbocycles. The van der Waals surface area contributed by atoms with Crippen LogP contribution in [0.2, 0.25) is 0 Å². The van der Waals surface area contributed by atoms with Crippen LogP contribution in [0.25, 0.3) is 10.9 Å². The summed E-state index contributed by atoms with van der Waals surface area (Å²) in [6.07, 6.45) is 2.17. The lowest BCUT2D eigenvalue weighted by Crippen LogP contribution is -2.23. The van der Waals surface area contributed by atoms with Gasteiger partial charge in [0.2, 0.25) is 10.0 Å². The number of para-hydroxylation sites is 1. The number of pyridine rings is 1. The molecular formula is C23H26N4O3S. The van der Waals surface area contributed by atoms with Crippen LogP contribution in [-0.4, -0.2) is 51.8 Å². The average Bonchev–Trinajstić information content (AvgIpc) is 3.58. The number of rotatable bonds is 6. The first-order chi connectivity index (χ1) is 14.7. The molecule has 1 saturated carbocycles. The molecule has 0 spiro atoms. The van der Waals surface area contributed by atoms with Crippen molar-refractivity contribution in [1.82, 2.24) is 9.29 Å². The van der Waals surface area contributed by atoms with Crippen LogP contribution in [0.15, 0.2) is 53.4 Å². The average molecular weight is 439 g/mol. The summed E-state index contributed by atoms with van der Waals surface area (Å²) in [5, 5.41) is 3.72. The quantitative estimate of drug-likeness (QED) is 0.635. The molecule has 1 aromatic heterocycles. The van der Waals surface area contributed by atoms with E-state index in [0.29, 0.717) is 22.9 Å². The Hall–Kier alpha value is -2.97. The van der Waals surface area contributed by atoms with E-state index >= 15 is 0 Å². The number of carbonyl (C=O) groups is 1. The second-order valence-electron chi connectivity index (χ2n) is 8.20. The third-order valence-corrected chi connectivity index (χ3v) is 7.26. The number of aromatic nitrogens is 1. The van der Waals surface area contributed by atoms with Crippen molar-refractivity contribution in [2.24, 2.45) is 0 Å². The van der Waals surface area contributed by atoms with Gasteiger partial charge >= 0.3 is 0 Å². The zero-order chi connectivity index (χ0) is 22.3. The van der Waals surface area contributed by atoms with Crippen molar-refractivity contribution in [3.8, 4) is 0 Å². The molecule has 8 heteroatoms. The molecule has 0 aliphatic heterocycles. The minimum Gasteiger partial charge on any atom is -0.376 e. The molecule has 162 valence electrons.